The third kappa shape index (κ3) is 2.38. The van der Waals surface area contributed by atoms with E-state index in [1.807, 2.05) is 0 Å². The molecule has 1 heterocycles. The minimum atomic E-state index is -0.553. The first-order chi connectivity index (χ1) is 7.65. The SMILES string of the molecule is Nc1cnc(Oc2ccc(Cl)c(F)c2)cn1. The summed E-state index contributed by atoms with van der Waals surface area (Å²) in [7, 11) is 0. The number of aromatic nitrogens is 2. The molecule has 2 rings (SSSR count). The average molecular weight is 240 g/mol. The Labute approximate surface area is 95.9 Å². The number of nitrogens with two attached hydrogens (primary N) is 1. The van der Waals surface area contributed by atoms with E-state index in [0.29, 0.717) is 5.75 Å². The van der Waals surface area contributed by atoms with Crippen molar-refractivity contribution in [3.63, 3.8) is 0 Å². The topological polar surface area (TPSA) is 61.0 Å². The van der Waals surface area contributed by atoms with Crippen LogP contribution in [0, 0.1) is 5.82 Å². The van der Waals surface area contributed by atoms with Gasteiger partial charge >= 0.3 is 0 Å². The van der Waals surface area contributed by atoms with Crippen LogP contribution in [-0.2, 0) is 0 Å². The molecule has 82 valence electrons. The molecule has 2 N–H and O–H groups in total. The number of hydrogen-bond donors (Lipinski definition) is 1. The third-order valence-electron chi connectivity index (χ3n) is 1.76. The molecule has 0 aliphatic heterocycles. The van der Waals surface area contributed by atoms with Crippen molar-refractivity contribution in [2.45, 2.75) is 0 Å². The second-order valence-corrected chi connectivity index (χ2v) is 3.36. The van der Waals surface area contributed by atoms with Crippen LogP contribution in [0.3, 0.4) is 0 Å². The summed E-state index contributed by atoms with van der Waals surface area (Å²) in [6, 6.07) is 4.10. The molecule has 0 bridgehead atoms. The summed E-state index contributed by atoms with van der Waals surface area (Å²) >= 11 is 5.53. The van der Waals surface area contributed by atoms with Gasteiger partial charge in [0.15, 0.2) is 0 Å². The number of halogens is 2. The second-order valence-electron chi connectivity index (χ2n) is 2.96. The number of hydrogen-bond acceptors (Lipinski definition) is 4. The van der Waals surface area contributed by atoms with Gasteiger partial charge in [-0.25, -0.2) is 14.4 Å². The standard InChI is InChI=1S/C10H7ClFN3O/c11-7-2-1-6(3-8(7)12)16-10-5-14-9(13)4-15-10/h1-5H,(H2,13,14). The van der Waals surface area contributed by atoms with Gasteiger partial charge in [-0.3, -0.25) is 0 Å². The summed E-state index contributed by atoms with van der Waals surface area (Å²) in [6.45, 7) is 0. The maximum atomic E-state index is 13.1. The average Bonchev–Trinajstić information content (AvgIpc) is 2.27. The second kappa shape index (κ2) is 4.32. The molecule has 0 amide bonds. The van der Waals surface area contributed by atoms with Crippen LogP contribution >= 0.6 is 11.6 Å². The minimum absolute atomic E-state index is 0.0377. The van der Waals surface area contributed by atoms with Crippen LogP contribution in [0.5, 0.6) is 11.6 Å². The summed E-state index contributed by atoms with van der Waals surface area (Å²) in [6.07, 6.45) is 2.70. The van der Waals surface area contributed by atoms with Crippen LogP contribution in [0.15, 0.2) is 30.6 Å². The Balaban J connectivity index is 2.20. The first kappa shape index (κ1) is 10.6. The molecule has 0 unspecified atom stereocenters. The van der Waals surface area contributed by atoms with E-state index < -0.39 is 5.82 Å². The predicted octanol–water partition coefficient (Wildman–Crippen LogP) is 2.64. The van der Waals surface area contributed by atoms with E-state index in [1.165, 1.54) is 30.6 Å². The highest BCUT2D eigenvalue weighted by Crippen LogP contribution is 2.23. The van der Waals surface area contributed by atoms with Crippen LogP contribution in [-0.4, -0.2) is 9.97 Å². The molecule has 6 heteroatoms. The Morgan fingerprint density at radius 2 is 2.06 bits per heavy atom. The van der Waals surface area contributed by atoms with Gasteiger partial charge < -0.3 is 10.5 Å². The number of nitrogen functional groups attached to an aromatic ring is 1. The summed E-state index contributed by atoms with van der Waals surface area (Å²) in [4.78, 5) is 7.65. The normalized spacial score (nSPS) is 10.1. The van der Waals surface area contributed by atoms with Crippen LogP contribution < -0.4 is 10.5 Å². The summed E-state index contributed by atoms with van der Waals surface area (Å²) < 4.78 is 18.3. The zero-order chi connectivity index (χ0) is 11.5. The van der Waals surface area contributed by atoms with E-state index in [0.717, 1.165) is 0 Å². The van der Waals surface area contributed by atoms with Gasteiger partial charge in [0.1, 0.15) is 17.4 Å². The Bertz CT molecular complexity index is 504. The maximum Gasteiger partial charge on any atom is 0.237 e. The van der Waals surface area contributed by atoms with Crippen molar-refractivity contribution >= 4 is 17.4 Å². The molecular formula is C10H7ClFN3O. The minimum Gasteiger partial charge on any atom is -0.437 e. The van der Waals surface area contributed by atoms with Gasteiger partial charge in [-0.1, -0.05) is 11.6 Å². The molecule has 0 aliphatic carbocycles. The maximum absolute atomic E-state index is 13.1. The quantitative estimate of drug-likeness (QED) is 0.875. The van der Waals surface area contributed by atoms with Gasteiger partial charge in [0.05, 0.1) is 17.4 Å². The molecule has 16 heavy (non-hydrogen) atoms. The van der Waals surface area contributed by atoms with Gasteiger partial charge in [0, 0.05) is 6.07 Å². The lowest BCUT2D eigenvalue weighted by molar-refractivity contribution is 0.456. The van der Waals surface area contributed by atoms with Crippen molar-refractivity contribution in [1.29, 1.82) is 0 Å². The number of anilines is 1. The van der Waals surface area contributed by atoms with Crippen molar-refractivity contribution in [1.82, 2.24) is 9.97 Å². The van der Waals surface area contributed by atoms with E-state index >= 15 is 0 Å². The lowest BCUT2D eigenvalue weighted by Gasteiger charge is -2.04. The molecule has 0 aliphatic rings. The Morgan fingerprint density at radius 3 is 2.69 bits per heavy atom. The van der Waals surface area contributed by atoms with E-state index in [4.69, 9.17) is 22.1 Å². The predicted molar refractivity (Wildman–Crippen MR) is 57.9 cm³/mol. The Kier molecular flexibility index (Phi) is 2.87. The summed E-state index contributed by atoms with van der Waals surface area (Å²) in [5.41, 5.74) is 5.36. The first-order valence-electron chi connectivity index (χ1n) is 4.35. The molecular weight excluding hydrogens is 233 g/mol. The number of benzene rings is 1. The first-order valence-corrected chi connectivity index (χ1v) is 4.73. The molecule has 0 saturated carbocycles. The lowest BCUT2D eigenvalue weighted by atomic mass is 10.3. The molecule has 0 saturated heterocycles. The zero-order valence-electron chi connectivity index (χ0n) is 8.02. The fraction of sp³-hybridized carbons (Fsp3) is 0. The monoisotopic (exact) mass is 239 g/mol. The molecule has 2 aromatic rings. The van der Waals surface area contributed by atoms with E-state index in [-0.39, 0.29) is 16.7 Å². The van der Waals surface area contributed by atoms with E-state index in [2.05, 4.69) is 9.97 Å². The Hall–Kier alpha value is -1.88. The highest BCUT2D eigenvalue weighted by Gasteiger charge is 2.03. The van der Waals surface area contributed by atoms with Crippen molar-refractivity contribution in [2.75, 3.05) is 5.73 Å². The van der Waals surface area contributed by atoms with Crippen molar-refractivity contribution in [3.8, 4) is 11.6 Å². The number of ether oxygens (including phenoxy) is 1. The molecule has 0 radical (unpaired) electrons. The molecule has 0 fully saturated rings. The molecule has 0 atom stereocenters. The molecule has 1 aromatic heterocycles. The number of nitrogens with zero attached hydrogens (tertiary/aromatic N) is 2. The largest absolute Gasteiger partial charge is 0.437 e. The molecule has 0 spiro atoms. The van der Waals surface area contributed by atoms with Gasteiger partial charge in [-0.2, -0.15) is 0 Å². The fourth-order valence-electron chi connectivity index (χ4n) is 1.04. The van der Waals surface area contributed by atoms with Gasteiger partial charge in [0.2, 0.25) is 5.88 Å². The summed E-state index contributed by atoms with van der Waals surface area (Å²) in [5, 5.41) is 0.0377. The molecule has 1 aromatic carbocycles. The fourth-order valence-corrected chi connectivity index (χ4v) is 1.16. The van der Waals surface area contributed by atoms with Crippen LogP contribution in [0.2, 0.25) is 5.02 Å². The van der Waals surface area contributed by atoms with Crippen molar-refractivity contribution in [3.05, 3.63) is 41.4 Å². The van der Waals surface area contributed by atoms with Crippen LogP contribution in [0.1, 0.15) is 0 Å². The van der Waals surface area contributed by atoms with E-state index in [1.54, 1.807) is 0 Å². The Morgan fingerprint density at radius 1 is 1.25 bits per heavy atom. The highest BCUT2D eigenvalue weighted by molar-refractivity contribution is 6.30. The lowest BCUT2D eigenvalue weighted by Crippen LogP contribution is -1.93. The van der Waals surface area contributed by atoms with Crippen molar-refractivity contribution in [2.24, 2.45) is 0 Å². The van der Waals surface area contributed by atoms with E-state index in [9.17, 15) is 4.39 Å². The molecule has 4 nitrogen and oxygen atoms in total. The van der Waals surface area contributed by atoms with Gasteiger partial charge in [0.25, 0.3) is 0 Å². The summed E-state index contributed by atoms with van der Waals surface area (Å²) in [5.74, 6) is 0.258. The van der Waals surface area contributed by atoms with Gasteiger partial charge in [-0.05, 0) is 12.1 Å². The zero-order valence-corrected chi connectivity index (χ0v) is 8.78. The number of rotatable bonds is 2. The third-order valence-corrected chi connectivity index (χ3v) is 2.07. The smallest absolute Gasteiger partial charge is 0.237 e. The van der Waals surface area contributed by atoms with Crippen molar-refractivity contribution < 1.29 is 9.13 Å². The van der Waals surface area contributed by atoms with Gasteiger partial charge in [-0.15, -0.1) is 0 Å². The highest BCUT2D eigenvalue weighted by atomic mass is 35.5. The van der Waals surface area contributed by atoms with Crippen LogP contribution in [0.4, 0.5) is 10.2 Å². The van der Waals surface area contributed by atoms with Crippen LogP contribution in [0.25, 0.3) is 0 Å².